The maximum Gasteiger partial charge on any atom is 0.124 e. The molecule has 0 spiro atoms. The summed E-state index contributed by atoms with van der Waals surface area (Å²) < 4.78 is 0.924. The van der Waals surface area contributed by atoms with E-state index in [9.17, 15) is 5.11 Å². The van der Waals surface area contributed by atoms with E-state index in [1.165, 1.54) is 11.1 Å². The average molecular weight is 360 g/mol. The molecule has 0 unspecified atom stereocenters. The standard InChI is InChI=1S/C19H22BrNO/c1-12(2)16-6-5-7-17(13(3)4)19(16)21-11-14-10-15(20)8-9-18(14)22/h5-13,22H,1-4H3. The zero-order valence-corrected chi connectivity index (χ0v) is 15.1. The molecular formula is C19H22BrNO. The molecule has 116 valence electrons. The molecule has 2 nitrogen and oxygen atoms in total. The maximum atomic E-state index is 9.96. The summed E-state index contributed by atoms with van der Waals surface area (Å²) in [6.07, 6.45) is 1.74. The Balaban J connectivity index is 2.51. The third-order valence-corrected chi connectivity index (χ3v) is 4.16. The molecule has 0 aliphatic rings. The van der Waals surface area contributed by atoms with Gasteiger partial charge in [-0.05, 0) is 41.2 Å². The molecule has 0 aliphatic heterocycles. The molecule has 0 amide bonds. The summed E-state index contributed by atoms with van der Waals surface area (Å²) in [7, 11) is 0. The Labute approximate surface area is 141 Å². The van der Waals surface area contributed by atoms with Gasteiger partial charge in [0.25, 0.3) is 0 Å². The topological polar surface area (TPSA) is 32.6 Å². The van der Waals surface area contributed by atoms with Crippen molar-refractivity contribution < 1.29 is 5.11 Å². The lowest BCUT2D eigenvalue weighted by Gasteiger charge is -2.16. The number of aromatic hydroxyl groups is 1. The second kappa shape index (κ2) is 7.10. The molecule has 0 saturated carbocycles. The third-order valence-electron chi connectivity index (χ3n) is 3.66. The van der Waals surface area contributed by atoms with Crippen LogP contribution in [0.15, 0.2) is 45.9 Å². The van der Waals surface area contributed by atoms with E-state index >= 15 is 0 Å². The van der Waals surface area contributed by atoms with E-state index in [2.05, 4.69) is 61.8 Å². The molecule has 0 radical (unpaired) electrons. The first-order valence-corrected chi connectivity index (χ1v) is 8.34. The average Bonchev–Trinajstić information content (AvgIpc) is 2.47. The van der Waals surface area contributed by atoms with Crippen molar-refractivity contribution in [3.8, 4) is 5.75 Å². The molecule has 2 rings (SSSR count). The number of phenols is 1. The lowest BCUT2D eigenvalue weighted by molar-refractivity contribution is 0.474. The zero-order valence-electron chi connectivity index (χ0n) is 13.5. The number of aliphatic imine (C=N–C) groups is 1. The van der Waals surface area contributed by atoms with Crippen molar-refractivity contribution in [3.05, 3.63) is 57.6 Å². The van der Waals surface area contributed by atoms with Gasteiger partial charge in [0.05, 0.1) is 5.69 Å². The number of halogens is 1. The van der Waals surface area contributed by atoms with Gasteiger partial charge in [-0.1, -0.05) is 61.8 Å². The number of hydrogen-bond acceptors (Lipinski definition) is 2. The number of phenolic OH excluding ortho intramolecular Hbond substituents is 1. The minimum absolute atomic E-state index is 0.236. The highest BCUT2D eigenvalue weighted by molar-refractivity contribution is 9.10. The third kappa shape index (κ3) is 3.77. The minimum Gasteiger partial charge on any atom is -0.507 e. The summed E-state index contributed by atoms with van der Waals surface area (Å²) in [5.41, 5.74) is 4.20. The van der Waals surface area contributed by atoms with Gasteiger partial charge in [0.2, 0.25) is 0 Å². The van der Waals surface area contributed by atoms with Gasteiger partial charge in [0.15, 0.2) is 0 Å². The van der Waals surface area contributed by atoms with Crippen LogP contribution >= 0.6 is 15.9 Å². The van der Waals surface area contributed by atoms with Crippen LogP contribution in [0.3, 0.4) is 0 Å². The molecule has 2 aromatic rings. The Hall–Kier alpha value is -1.61. The number of hydrogen-bond donors (Lipinski definition) is 1. The molecule has 1 N–H and O–H groups in total. The fourth-order valence-corrected chi connectivity index (χ4v) is 2.80. The molecule has 0 heterocycles. The first-order valence-electron chi connectivity index (χ1n) is 7.55. The van der Waals surface area contributed by atoms with Gasteiger partial charge in [-0.3, -0.25) is 4.99 Å². The van der Waals surface area contributed by atoms with Crippen molar-refractivity contribution in [3.63, 3.8) is 0 Å². The van der Waals surface area contributed by atoms with Crippen LogP contribution in [0.4, 0.5) is 5.69 Å². The quantitative estimate of drug-likeness (QED) is 0.652. The van der Waals surface area contributed by atoms with Gasteiger partial charge in [0.1, 0.15) is 5.75 Å². The van der Waals surface area contributed by atoms with Crippen LogP contribution in [0, 0.1) is 0 Å². The summed E-state index contributed by atoms with van der Waals surface area (Å²) in [5, 5.41) is 9.96. The molecule has 3 heteroatoms. The van der Waals surface area contributed by atoms with Crippen LogP contribution < -0.4 is 0 Å². The zero-order chi connectivity index (χ0) is 16.3. The largest absolute Gasteiger partial charge is 0.507 e. The molecule has 0 saturated heterocycles. The number of rotatable bonds is 4. The first kappa shape index (κ1) is 16.8. The van der Waals surface area contributed by atoms with E-state index in [-0.39, 0.29) is 5.75 Å². The maximum absolute atomic E-state index is 9.96. The highest BCUT2D eigenvalue weighted by atomic mass is 79.9. The van der Waals surface area contributed by atoms with Gasteiger partial charge in [0, 0.05) is 16.3 Å². The highest BCUT2D eigenvalue weighted by Crippen LogP contribution is 2.35. The predicted octanol–water partition coefficient (Wildman–Crippen LogP) is 6.15. The van der Waals surface area contributed by atoms with Crippen molar-refractivity contribution in [1.29, 1.82) is 0 Å². The fourth-order valence-electron chi connectivity index (χ4n) is 2.42. The van der Waals surface area contributed by atoms with Crippen LogP contribution in [0.1, 0.15) is 56.2 Å². The summed E-state index contributed by atoms with van der Waals surface area (Å²) in [4.78, 5) is 4.72. The minimum atomic E-state index is 0.236. The summed E-state index contributed by atoms with van der Waals surface area (Å²) in [6.45, 7) is 8.70. The fraction of sp³-hybridized carbons (Fsp3) is 0.316. The predicted molar refractivity (Wildman–Crippen MR) is 97.7 cm³/mol. The van der Waals surface area contributed by atoms with Crippen molar-refractivity contribution in [1.82, 2.24) is 0 Å². The van der Waals surface area contributed by atoms with Gasteiger partial charge >= 0.3 is 0 Å². The normalized spacial score (nSPS) is 11.8. The number of nitrogens with zero attached hydrogens (tertiary/aromatic N) is 1. The first-order chi connectivity index (χ1) is 10.4. The molecule has 0 aromatic heterocycles. The number of benzene rings is 2. The smallest absolute Gasteiger partial charge is 0.124 e. The SMILES string of the molecule is CC(C)c1cccc(C(C)C)c1N=Cc1cc(Br)ccc1O. The Morgan fingerprint density at radius 2 is 1.59 bits per heavy atom. The Morgan fingerprint density at radius 1 is 1.00 bits per heavy atom. The van der Waals surface area contributed by atoms with Crippen LogP contribution in [-0.4, -0.2) is 11.3 Å². The Bertz CT molecular complexity index is 664. The second-order valence-electron chi connectivity index (χ2n) is 6.06. The summed E-state index contributed by atoms with van der Waals surface area (Å²) >= 11 is 3.43. The van der Waals surface area contributed by atoms with Gasteiger partial charge in [-0.2, -0.15) is 0 Å². The summed E-state index contributed by atoms with van der Waals surface area (Å²) in [5.74, 6) is 1.05. The molecule has 0 atom stereocenters. The van der Waals surface area contributed by atoms with Crippen LogP contribution in [0.25, 0.3) is 0 Å². The van der Waals surface area contributed by atoms with Crippen molar-refractivity contribution >= 4 is 27.8 Å². The lowest BCUT2D eigenvalue weighted by atomic mass is 9.93. The number of para-hydroxylation sites is 1. The van der Waals surface area contributed by atoms with E-state index < -0.39 is 0 Å². The summed E-state index contributed by atoms with van der Waals surface area (Å²) in [6, 6.07) is 11.7. The second-order valence-corrected chi connectivity index (χ2v) is 6.97. The molecule has 0 aliphatic carbocycles. The van der Waals surface area contributed by atoms with Crippen LogP contribution in [0.5, 0.6) is 5.75 Å². The lowest BCUT2D eigenvalue weighted by Crippen LogP contribution is -1.95. The van der Waals surface area contributed by atoms with Gasteiger partial charge in [-0.25, -0.2) is 0 Å². The highest BCUT2D eigenvalue weighted by Gasteiger charge is 2.12. The van der Waals surface area contributed by atoms with Crippen molar-refractivity contribution in [2.24, 2.45) is 4.99 Å². The van der Waals surface area contributed by atoms with Crippen molar-refractivity contribution in [2.45, 2.75) is 39.5 Å². The van der Waals surface area contributed by atoms with E-state index in [0.29, 0.717) is 17.4 Å². The molecule has 0 fully saturated rings. The van der Waals surface area contributed by atoms with Crippen LogP contribution in [0.2, 0.25) is 0 Å². The van der Waals surface area contributed by atoms with Crippen molar-refractivity contribution in [2.75, 3.05) is 0 Å². The monoisotopic (exact) mass is 359 g/mol. The molecule has 2 aromatic carbocycles. The van der Waals surface area contributed by atoms with E-state index in [0.717, 1.165) is 10.2 Å². The van der Waals surface area contributed by atoms with E-state index in [4.69, 9.17) is 4.99 Å². The van der Waals surface area contributed by atoms with E-state index in [1.807, 2.05) is 12.1 Å². The van der Waals surface area contributed by atoms with Gasteiger partial charge in [-0.15, -0.1) is 0 Å². The molecular weight excluding hydrogens is 338 g/mol. The molecule has 22 heavy (non-hydrogen) atoms. The Morgan fingerprint density at radius 3 is 2.14 bits per heavy atom. The van der Waals surface area contributed by atoms with E-state index in [1.54, 1.807) is 12.3 Å². The Kier molecular flexibility index (Phi) is 5.41. The van der Waals surface area contributed by atoms with Crippen LogP contribution in [-0.2, 0) is 0 Å². The van der Waals surface area contributed by atoms with Gasteiger partial charge < -0.3 is 5.11 Å². The molecule has 0 bridgehead atoms.